The molecule has 19 heavy (non-hydrogen) atoms. The lowest BCUT2D eigenvalue weighted by molar-refractivity contribution is -0.127. The molecule has 104 valence electrons. The summed E-state index contributed by atoms with van der Waals surface area (Å²) in [5.41, 5.74) is 0. The number of halogens is 1. The molecule has 1 N–H and O–H groups in total. The van der Waals surface area contributed by atoms with Crippen molar-refractivity contribution < 1.29 is 4.79 Å². The summed E-state index contributed by atoms with van der Waals surface area (Å²) >= 11 is 1.60. The van der Waals surface area contributed by atoms with E-state index in [0.29, 0.717) is 17.6 Å². The van der Waals surface area contributed by atoms with Crippen molar-refractivity contribution in [3.05, 3.63) is 24.5 Å². The fourth-order valence-electron chi connectivity index (χ4n) is 2.73. The van der Waals surface area contributed by atoms with Crippen molar-refractivity contribution >= 4 is 30.1 Å². The Balaban J connectivity index is 0.00000133. The first-order chi connectivity index (χ1) is 8.83. The lowest BCUT2D eigenvalue weighted by Crippen LogP contribution is -2.33. The zero-order valence-corrected chi connectivity index (χ0v) is 12.3. The molecule has 6 heteroatoms. The third kappa shape index (κ3) is 3.41. The standard InChI is InChI=1S/C13H17N3OS.ClH/c17-13(9-18-12-1-3-14-4-2-12)16-7-10-5-15-6-11(10)8-16;/h1-4,10-11,15H,5-9H2;1H/t10-,11+;. The number of nitrogens with one attached hydrogen (secondary N) is 1. The number of hydrogen-bond acceptors (Lipinski definition) is 4. The van der Waals surface area contributed by atoms with E-state index >= 15 is 0 Å². The highest BCUT2D eigenvalue weighted by Gasteiger charge is 2.37. The van der Waals surface area contributed by atoms with Crippen molar-refractivity contribution in [2.24, 2.45) is 11.8 Å². The number of aromatic nitrogens is 1. The van der Waals surface area contributed by atoms with Crippen LogP contribution in [0.3, 0.4) is 0 Å². The molecule has 2 aliphatic heterocycles. The molecule has 1 aromatic heterocycles. The van der Waals surface area contributed by atoms with Crippen LogP contribution in [0, 0.1) is 11.8 Å². The Kier molecular flexibility index (Phi) is 5.07. The second kappa shape index (κ2) is 6.59. The number of pyridine rings is 1. The number of rotatable bonds is 3. The number of amides is 1. The van der Waals surface area contributed by atoms with E-state index in [4.69, 9.17) is 0 Å². The van der Waals surface area contributed by atoms with Gasteiger partial charge < -0.3 is 10.2 Å². The molecule has 2 saturated heterocycles. The van der Waals surface area contributed by atoms with Crippen LogP contribution in [-0.2, 0) is 4.79 Å². The Bertz CT molecular complexity index is 419. The number of nitrogens with zero attached hydrogens (tertiary/aromatic N) is 2. The van der Waals surface area contributed by atoms with Gasteiger partial charge in [0.1, 0.15) is 0 Å². The second-order valence-electron chi connectivity index (χ2n) is 4.95. The Labute approximate surface area is 123 Å². The highest BCUT2D eigenvalue weighted by Crippen LogP contribution is 2.27. The van der Waals surface area contributed by atoms with Gasteiger partial charge in [-0.1, -0.05) is 0 Å². The van der Waals surface area contributed by atoms with Gasteiger partial charge in [0, 0.05) is 43.5 Å². The molecule has 2 aliphatic rings. The minimum atomic E-state index is 0. The maximum Gasteiger partial charge on any atom is 0.232 e. The van der Waals surface area contributed by atoms with Crippen molar-refractivity contribution in [3.8, 4) is 0 Å². The van der Waals surface area contributed by atoms with E-state index in [-0.39, 0.29) is 18.3 Å². The van der Waals surface area contributed by atoms with Crippen LogP contribution in [0.1, 0.15) is 0 Å². The van der Waals surface area contributed by atoms with Gasteiger partial charge in [-0.15, -0.1) is 24.2 Å². The minimum Gasteiger partial charge on any atom is -0.341 e. The number of carbonyl (C=O) groups excluding carboxylic acids is 1. The van der Waals surface area contributed by atoms with Gasteiger partial charge in [0.15, 0.2) is 0 Å². The van der Waals surface area contributed by atoms with E-state index in [1.807, 2.05) is 17.0 Å². The summed E-state index contributed by atoms with van der Waals surface area (Å²) in [6, 6.07) is 3.89. The first-order valence-corrected chi connectivity index (χ1v) is 7.33. The molecular formula is C13H18ClN3OS. The van der Waals surface area contributed by atoms with Crippen LogP contribution < -0.4 is 5.32 Å². The van der Waals surface area contributed by atoms with Crippen molar-refractivity contribution in [2.75, 3.05) is 31.9 Å². The van der Waals surface area contributed by atoms with E-state index in [0.717, 1.165) is 31.1 Å². The third-order valence-electron chi connectivity index (χ3n) is 3.75. The van der Waals surface area contributed by atoms with Crippen molar-refractivity contribution in [1.82, 2.24) is 15.2 Å². The molecule has 0 saturated carbocycles. The smallest absolute Gasteiger partial charge is 0.232 e. The predicted octanol–water partition coefficient (Wildman–Crippen LogP) is 1.27. The van der Waals surface area contributed by atoms with E-state index in [9.17, 15) is 4.79 Å². The zero-order chi connectivity index (χ0) is 12.4. The molecular weight excluding hydrogens is 282 g/mol. The quantitative estimate of drug-likeness (QED) is 0.854. The molecule has 3 heterocycles. The fraction of sp³-hybridized carbons (Fsp3) is 0.538. The molecule has 0 bridgehead atoms. The first-order valence-electron chi connectivity index (χ1n) is 6.34. The van der Waals surface area contributed by atoms with Crippen LogP contribution in [-0.4, -0.2) is 47.7 Å². The summed E-state index contributed by atoms with van der Waals surface area (Å²) < 4.78 is 0. The summed E-state index contributed by atoms with van der Waals surface area (Å²) in [5, 5.41) is 3.39. The van der Waals surface area contributed by atoms with Gasteiger partial charge in [-0.2, -0.15) is 0 Å². The summed E-state index contributed by atoms with van der Waals surface area (Å²) in [7, 11) is 0. The number of hydrogen-bond donors (Lipinski definition) is 1. The normalized spacial score (nSPS) is 24.9. The van der Waals surface area contributed by atoms with Gasteiger partial charge in [-0.3, -0.25) is 9.78 Å². The molecule has 4 nitrogen and oxygen atoms in total. The Morgan fingerprint density at radius 3 is 2.58 bits per heavy atom. The highest BCUT2D eigenvalue weighted by atomic mass is 35.5. The molecule has 0 spiro atoms. The average molecular weight is 300 g/mol. The van der Waals surface area contributed by atoms with Crippen LogP contribution >= 0.6 is 24.2 Å². The molecule has 2 atom stereocenters. The van der Waals surface area contributed by atoms with Crippen LogP contribution in [0.25, 0.3) is 0 Å². The van der Waals surface area contributed by atoms with E-state index < -0.39 is 0 Å². The SMILES string of the molecule is Cl.O=C(CSc1ccncc1)N1C[C@H]2CNC[C@H]2C1. The molecule has 0 radical (unpaired) electrons. The predicted molar refractivity (Wildman–Crippen MR) is 78.6 cm³/mol. The largest absolute Gasteiger partial charge is 0.341 e. The maximum absolute atomic E-state index is 12.1. The monoisotopic (exact) mass is 299 g/mol. The Morgan fingerprint density at radius 1 is 1.32 bits per heavy atom. The van der Waals surface area contributed by atoms with Crippen LogP contribution in [0.2, 0.25) is 0 Å². The molecule has 0 aromatic carbocycles. The summed E-state index contributed by atoms with van der Waals surface area (Å²) in [6.45, 7) is 4.03. The van der Waals surface area contributed by atoms with Crippen LogP contribution in [0.5, 0.6) is 0 Å². The first kappa shape index (κ1) is 14.6. The van der Waals surface area contributed by atoms with Crippen molar-refractivity contribution in [3.63, 3.8) is 0 Å². The number of fused-ring (bicyclic) bond motifs is 1. The third-order valence-corrected chi connectivity index (χ3v) is 4.75. The molecule has 1 aromatic rings. The van der Waals surface area contributed by atoms with Gasteiger partial charge in [0.25, 0.3) is 0 Å². The van der Waals surface area contributed by atoms with Gasteiger partial charge in [0.05, 0.1) is 5.75 Å². The maximum atomic E-state index is 12.1. The van der Waals surface area contributed by atoms with Gasteiger partial charge in [-0.25, -0.2) is 0 Å². The highest BCUT2D eigenvalue weighted by molar-refractivity contribution is 8.00. The minimum absolute atomic E-state index is 0. The molecule has 3 rings (SSSR count). The van der Waals surface area contributed by atoms with E-state index in [1.54, 1.807) is 24.2 Å². The molecule has 0 aliphatic carbocycles. The van der Waals surface area contributed by atoms with Gasteiger partial charge >= 0.3 is 0 Å². The molecule has 0 unspecified atom stereocenters. The van der Waals surface area contributed by atoms with Crippen LogP contribution in [0.15, 0.2) is 29.4 Å². The van der Waals surface area contributed by atoms with Gasteiger partial charge in [0.2, 0.25) is 5.91 Å². The summed E-state index contributed by atoms with van der Waals surface area (Å²) in [5.74, 6) is 2.17. The number of likely N-dealkylation sites (tertiary alicyclic amines) is 1. The summed E-state index contributed by atoms with van der Waals surface area (Å²) in [4.78, 5) is 19.2. The van der Waals surface area contributed by atoms with Crippen molar-refractivity contribution in [2.45, 2.75) is 4.90 Å². The topological polar surface area (TPSA) is 45.2 Å². The lowest BCUT2D eigenvalue weighted by atomic mass is 10.0. The fourth-order valence-corrected chi connectivity index (χ4v) is 3.52. The second-order valence-corrected chi connectivity index (χ2v) is 6.00. The lowest BCUT2D eigenvalue weighted by Gasteiger charge is -2.17. The molecule has 2 fully saturated rings. The van der Waals surface area contributed by atoms with Crippen LogP contribution in [0.4, 0.5) is 0 Å². The number of carbonyl (C=O) groups is 1. The Hall–Kier alpha value is -0.780. The van der Waals surface area contributed by atoms with Gasteiger partial charge in [-0.05, 0) is 24.0 Å². The zero-order valence-electron chi connectivity index (χ0n) is 10.6. The van der Waals surface area contributed by atoms with E-state index in [2.05, 4.69) is 10.3 Å². The number of thioether (sulfide) groups is 1. The summed E-state index contributed by atoms with van der Waals surface area (Å²) in [6.07, 6.45) is 3.53. The molecule has 1 amide bonds. The van der Waals surface area contributed by atoms with Crippen molar-refractivity contribution in [1.29, 1.82) is 0 Å². The average Bonchev–Trinajstić information content (AvgIpc) is 2.98. The van der Waals surface area contributed by atoms with E-state index in [1.165, 1.54) is 0 Å². The Morgan fingerprint density at radius 2 is 1.95 bits per heavy atom.